The maximum atomic E-state index is 12.7. The topological polar surface area (TPSA) is 69.2 Å². The van der Waals surface area contributed by atoms with Crippen LogP contribution in [-0.4, -0.2) is 5.91 Å². The first kappa shape index (κ1) is 15.9. The quantitative estimate of drug-likeness (QED) is 0.454. The summed E-state index contributed by atoms with van der Waals surface area (Å²) in [7, 11) is 0. The Morgan fingerprint density at radius 1 is 0.962 bits per heavy atom. The lowest BCUT2D eigenvalue weighted by Gasteiger charge is -2.16. The highest BCUT2D eigenvalue weighted by Crippen LogP contribution is 2.28. The molecule has 1 amide bonds. The number of carbonyl (C=O) groups excluding carboxylic acids is 1. The van der Waals surface area contributed by atoms with Gasteiger partial charge in [-0.2, -0.15) is 4.73 Å². The molecule has 0 radical (unpaired) electrons. The van der Waals surface area contributed by atoms with E-state index in [1.54, 1.807) is 12.1 Å². The van der Waals surface area contributed by atoms with Crippen molar-refractivity contribution in [2.45, 2.75) is 6.04 Å². The summed E-state index contributed by atoms with van der Waals surface area (Å²) in [6.45, 7) is 0. The predicted molar refractivity (Wildman–Crippen MR) is 97.4 cm³/mol. The number of fused-ring (bicyclic) bond motifs is 1. The molecule has 0 saturated heterocycles. The zero-order chi connectivity index (χ0) is 17.9. The molecule has 0 bridgehead atoms. The van der Waals surface area contributed by atoms with Crippen molar-refractivity contribution in [1.82, 2.24) is 5.32 Å². The van der Waals surface area contributed by atoms with Crippen molar-refractivity contribution in [3.05, 3.63) is 107 Å². The fourth-order valence-corrected chi connectivity index (χ4v) is 2.92. The van der Waals surface area contributed by atoms with Crippen LogP contribution in [0.15, 0.2) is 89.5 Å². The highest BCUT2D eigenvalue weighted by molar-refractivity contribution is 5.91. The lowest BCUT2D eigenvalue weighted by Crippen LogP contribution is -2.40. The molecule has 2 aromatic heterocycles. The Labute approximate surface area is 150 Å². The van der Waals surface area contributed by atoms with E-state index in [-0.39, 0.29) is 5.69 Å². The Morgan fingerprint density at radius 2 is 1.69 bits per heavy atom. The van der Waals surface area contributed by atoms with Gasteiger partial charge >= 0.3 is 5.91 Å². The molecule has 5 heteroatoms. The summed E-state index contributed by atoms with van der Waals surface area (Å²) in [5, 5.41) is 15.8. The molecular weight excluding hydrogens is 328 g/mol. The Morgan fingerprint density at radius 3 is 2.46 bits per heavy atom. The van der Waals surface area contributed by atoms with Gasteiger partial charge in [-0.25, -0.2) is 0 Å². The van der Waals surface area contributed by atoms with Crippen LogP contribution in [0.2, 0.25) is 0 Å². The molecule has 0 unspecified atom stereocenters. The summed E-state index contributed by atoms with van der Waals surface area (Å²) in [5.41, 5.74) is 1.65. The van der Waals surface area contributed by atoms with E-state index in [0.29, 0.717) is 10.5 Å². The summed E-state index contributed by atoms with van der Waals surface area (Å²) < 4.78 is 6.50. The van der Waals surface area contributed by atoms with E-state index in [2.05, 4.69) is 5.32 Å². The van der Waals surface area contributed by atoms with E-state index in [1.807, 2.05) is 60.7 Å². The highest BCUT2D eigenvalue weighted by atomic mass is 16.5. The fraction of sp³-hybridized carbons (Fsp3) is 0.0476. The number of carbonyl (C=O) groups is 1. The summed E-state index contributed by atoms with van der Waals surface area (Å²) in [4.78, 5) is 12.7. The number of nitrogens with zero attached hydrogens (tertiary/aromatic N) is 1. The molecule has 0 aliphatic carbocycles. The Bertz CT molecular complexity index is 1020. The predicted octanol–water partition coefficient (Wildman–Crippen LogP) is 3.59. The van der Waals surface area contributed by atoms with Gasteiger partial charge in [0.15, 0.2) is 6.20 Å². The molecule has 26 heavy (non-hydrogen) atoms. The molecule has 2 heterocycles. The second-order valence-corrected chi connectivity index (χ2v) is 5.92. The average Bonchev–Trinajstić information content (AvgIpc) is 3.11. The van der Waals surface area contributed by atoms with Gasteiger partial charge in [0.05, 0.1) is 0 Å². The number of nitrogens with one attached hydrogen (secondary N) is 1. The Balaban J connectivity index is 1.74. The zero-order valence-electron chi connectivity index (χ0n) is 13.8. The van der Waals surface area contributed by atoms with Gasteiger partial charge in [-0.3, -0.25) is 4.79 Å². The number of para-hydroxylation sites is 1. The lowest BCUT2D eigenvalue weighted by atomic mass is 10.0. The zero-order valence-corrected chi connectivity index (χ0v) is 13.8. The lowest BCUT2D eigenvalue weighted by molar-refractivity contribution is -0.607. The Kier molecular flexibility index (Phi) is 4.11. The van der Waals surface area contributed by atoms with Crippen molar-refractivity contribution in [1.29, 1.82) is 0 Å². The van der Waals surface area contributed by atoms with Gasteiger partial charge in [0.1, 0.15) is 17.4 Å². The van der Waals surface area contributed by atoms with Crippen molar-refractivity contribution >= 4 is 16.9 Å². The minimum Gasteiger partial charge on any atom is -0.618 e. The van der Waals surface area contributed by atoms with Crippen LogP contribution in [0, 0.1) is 5.21 Å². The average molecular weight is 344 g/mol. The normalized spacial score (nSPS) is 12.0. The number of amides is 1. The molecule has 1 N–H and O–H groups in total. The second kappa shape index (κ2) is 6.72. The summed E-state index contributed by atoms with van der Waals surface area (Å²) in [5.74, 6) is 0.147. The van der Waals surface area contributed by atoms with Gasteiger partial charge in [0.2, 0.25) is 0 Å². The number of hydrogen-bond acceptors (Lipinski definition) is 3. The largest absolute Gasteiger partial charge is 0.618 e. The molecule has 0 spiro atoms. The third-order valence-electron chi connectivity index (χ3n) is 4.19. The van der Waals surface area contributed by atoms with Crippen LogP contribution in [0.1, 0.15) is 27.9 Å². The van der Waals surface area contributed by atoms with Gasteiger partial charge in [-0.05, 0) is 23.8 Å². The first-order chi connectivity index (χ1) is 12.7. The van der Waals surface area contributed by atoms with E-state index in [0.717, 1.165) is 16.5 Å². The minimum atomic E-state index is -0.503. The van der Waals surface area contributed by atoms with Crippen molar-refractivity contribution in [3.8, 4) is 0 Å². The fourth-order valence-electron chi connectivity index (χ4n) is 2.92. The monoisotopic (exact) mass is 344 g/mol. The van der Waals surface area contributed by atoms with E-state index in [1.165, 1.54) is 12.3 Å². The van der Waals surface area contributed by atoms with E-state index in [4.69, 9.17) is 4.42 Å². The SMILES string of the molecule is O=C(N[C@H](c1ccccc1)c1cc2ccccc2o1)c1cccc[n+]1[O-]. The minimum absolute atomic E-state index is 0.0320. The Hall–Kier alpha value is -3.60. The third-order valence-corrected chi connectivity index (χ3v) is 4.19. The van der Waals surface area contributed by atoms with E-state index >= 15 is 0 Å². The van der Waals surface area contributed by atoms with Crippen LogP contribution in [0.3, 0.4) is 0 Å². The van der Waals surface area contributed by atoms with Crippen LogP contribution >= 0.6 is 0 Å². The molecule has 5 nitrogen and oxygen atoms in total. The van der Waals surface area contributed by atoms with Gasteiger partial charge < -0.3 is 14.9 Å². The number of pyridine rings is 1. The number of furan rings is 1. The van der Waals surface area contributed by atoms with Crippen molar-refractivity contribution in [3.63, 3.8) is 0 Å². The smallest absolute Gasteiger partial charge is 0.318 e. The molecule has 128 valence electrons. The summed E-state index contributed by atoms with van der Waals surface area (Å²) in [6.07, 6.45) is 1.30. The van der Waals surface area contributed by atoms with Gasteiger partial charge in [0.25, 0.3) is 5.69 Å². The second-order valence-electron chi connectivity index (χ2n) is 5.92. The van der Waals surface area contributed by atoms with E-state index in [9.17, 15) is 10.0 Å². The molecule has 2 aromatic carbocycles. The number of hydrogen-bond donors (Lipinski definition) is 1. The van der Waals surface area contributed by atoms with Crippen molar-refractivity contribution in [2.75, 3.05) is 0 Å². The number of rotatable bonds is 4. The maximum absolute atomic E-state index is 12.7. The molecule has 1 atom stereocenters. The number of aromatic nitrogens is 1. The van der Waals surface area contributed by atoms with Crippen LogP contribution in [0.25, 0.3) is 11.0 Å². The van der Waals surface area contributed by atoms with Crippen LogP contribution in [0.4, 0.5) is 0 Å². The van der Waals surface area contributed by atoms with Gasteiger partial charge in [0, 0.05) is 17.5 Å². The molecule has 4 aromatic rings. The molecule has 0 aliphatic rings. The summed E-state index contributed by atoms with van der Waals surface area (Å²) >= 11 is 0. The molecule has 0 aliphatic heterocycles. The first-order valence-corrected chi connectivity index (χ1v) is 8.25. The van der Waals surface area contributed by atoms with Crippen LogP contribution in [-0.2, 0) is 0 Å². The standard InChI is InChI=1S/C21H16N2O3/c24-21(17-11-6-7-13-23(17)25)22-20(15-8-2-1-3-9-15)19-14-16-10-4-5-12-18(16)26-19/h1-14,20H,(H,22,24)/t20-/m1/s1. The van der Waals surface area contributed by atoms with Gasteiger partial charge in [-0.1, -0.05) is 48.5 Å². The first-order valence-electron chi connectivity index (χ1n) is 8.25. The molecular formula is C21H16N2O3. The van der Waals surface area contributed by atoms with Crippen LogP contribution in [0.5, 0.6) is 0 Å². The maximum Gasteiger partial charge on any atom is 0.318 e. The summed E-state index contributed by atoms with van der Waals surface area (Å²) in [6, 6.07) is 23.3. The van der Waals surface area contributed by atoms with Crippen LogP contribution < -0.4 is 10.0 Å². The van der Waals surface area contributed by atoms with E-state index < -0.39 is 11.9 Å². The van der Waals surface area contributed by atoms with Crippen molar-refractivity contribution in [2.24, 2.45) is 0 Å². The molecule has 0 fully saturated rings. The molecule has 4 rings (SSSR count). The number of benzene rings is 2. The highest BCUT2D eigenvalue weighted by Gasteiger charge is 2.24. The van der Waals surface area contributed by atoms with Gasteiger partial charge in [-0.15, -0.1) is 0 Å². The third kappa shape index (κ3) is 3.02. The molecule has 0 saturated carbocycles. The van der Waals surface area contributed by atoms with Crippen molar-refractivity contribution < 1.29 is 13.9 Å².